The molecule has 3 aliphatic rings. The molecule has 2 N–H and O–H groups in total. The quantitative estimate of drug-likeness (QED) is 0.720. The highest BCUT2D eigenvalue weighted by atomic mass is 35.5. The van der Waals surface area contributed by atoms with E-state index in [0.29, 0.717) is 26.4 Å². The fourth-order valence-corrected chi connectivity index (χ4v) is 4.40. The molecule has 1 saturated heterocycles. The van der Waals surface area contributed by atoms with Crippen molar-refractivity contribution in [1.29, 1.82) is 0 Å². The van der Waals surface area contributed by atoms with Gasteiger partial charge in [-0.3, -0.25) is 4.99 Å². The number of nitrogens with zero attached hydrogens (tertiary/aromatic N) is 3. The number of fused-ring (bicyclic) bond motifs is 1. The third kappa shape index (κ3) is 3.23. The maximum atomic E-state index is 11.8. The first-order valence-corrected chi connectivity index (χ1v) is 8.26. The summed E-state index contributed by atoms with van der Waals surface area (Å²) in [5.74, 6) is 0. The first-order valence-electron chi connectivity index (χ1n) is 7.11. The molecule has 3 aliphatic heterocycles. The van der Waals surface area contributed by atoms with E-state index in [4.69, 9.17) is 22.2 Å². The Bertz CT molecular complexity index is 506. The van der Waals surface area contributed by atoms with E-state index in [1.54, 1.807) is 16.7 Å². The summed E-state index contributed by atoms with van der Waals surface area (Å²) in [5.41, 5.74) is 7.13. The van der Waals surface area contributed by atoms with E-state index in [1.807, 2.05) is 6.92 Å². The minimum Gasteiger partial charge on any atom is -0.450 e. The highest BCUT2D eigenvalue weighted by Gasteiger charge is 2.44. The lowest BCUT2D eigenvalue weighted by atomic mass is 9.93. The van der Waals surface area contributed by atoms with Crippen LogP contribution >= 0.6 is 35.9 Å². The van der Waals surface area contributed by atoms with Crippen LogP contribution in [0.3, 0.4) is 0 Å². The zero-order valence-electron chi connectivity index (χ0n) is 12.3. The van der Waals surface area contributed by atoms with Gasteiger partial charge in [-0.05, 0) is 31.5 Å². The molecule has 1 fully saturated rings. The van der Waals surface area contributed by atoms with Gasteiger partial charge >= 0.3 is 6.09 Å². The lowest BCUT2D eigenvalue weighted by Gasteiger charge is -2.36. The number of amides is 1. The molecule has 6 nitrogen and oxygen atoms in total. The molecule has 124 valence electrons. The number of aliphatic imine (C=N–C) groups is 1. The molecular weight excluding hydrogens is 347 g/mol. The maximum absolute atomic E-state index is 11.8. The molecule has 0 aliphatic carbocycles. The molecule has 1 unspecified atom stereocenters. The average Bonchev–Trinajstić information content (AvgIpc) is 2.83. The predicted octanol–water partition coefficient (Wildman–Crippen LogP) is 2.18. The van der Waals surface area contributed by atoms with E-state index in [1.165, 1.54) is 4.42 Å². The Hall–Kier alpha value is -0.470. The molecule has 0 saturated carbocycles. The average molecular weight is 367 g/mol. The van der Waals surface area contributed by atoms with Crippen molar-refractivity contribution in [3.05, 3.63) is 11.6 Å². The number of rotatable bonds is 1. The summed E-state index contributed by atoms with van der Waals surface area (Å²) in [6.07, 6.45) is 3.45. The topological polar surface area (TPSA) is 71.2 Å². The number of hydrogen-bond acceptors (Lipinski definition) is 6. The van der Waals surface area contributed by atoms with Crippen LogP contribution in [-0.2, 0) is 4.74 Å². The van der Waals surface area contributed by atoms with Crippen molar-refractivity contribution in [2.75, 3.05) is 26.4 Å². The summed E-state index contributed by atoms with van der Waals surface area (Å²) in [5, 5.41) is 1.00. The summed E-state index contributed by atoms with van der Waals surface area (Å²) in [6.45, 7) is 4.05. The number of ether oxygens (including phenoxy) is 1. The number of halogens is 2. The fourth-order valence-electron chi connectivity index (χ4n) is 2.86. The molecule has 0 aromatic carbocycles. The highest BCUT2D eigenvalue weighted by Crippen LogP contribution is 2.47. The van der Waals surface area contributed by atoms with Gasteiger partial charge in [-0.15, -0.1) is 12.4 Å². The molecule has 1 amide bonds. The summed E-state index contributed by atoms with van der Waals surface area (Å²) >= 11 is 7.81. The molecule has 0 radical (unpaired) electrons. The first-order chi connectivity index (χ1) is 10.0. The first kappa shape index (κ1) is 17.9. The second kappa shape index (κ2) is 6.97. The number of carbonyl (C=O) groups is 1. The van der Waals surface area contributed by atoms with Crippen molar-refractivity contribution in [1.82, 2.24) is 9.32 Å². The number of hydrogen-bond donors (Lipinski definition) is 1. The van der Waals surface area contributed by atoms with Crippen LogP contribution < -0.4 is 5.73 Å². The summed E-state index contributed by atoms with van der Waals surface area (Å²) in [7, 11) is 0. The number of piperidine rings is 1. The van der Waals surface area contributed by atoms with Gasteiger partial charge in [-0.25, -0.2) is 4.79 Å². The van der Waals surface area contributed by atoms with Crippen LogP contribution in [0.25, 0.3) is 0 Å². The monoisotopic (exact) mass is 366 g/mol. The van der Waals surface area contributed by atoms with E-state index >= 15 is 0 Å². The minimum absolute atomic E-state index is 0. The Labute approximate surface area is 145 Å². The van der Waals surface area contributed by atoms with Gasteiger partial charge < -0.3 is 15.4 Å². The van der Waals surface area contributed by atoms with Crippen LogP contribution in [0.2, 0.25) is 0 Å². The van der Waals surface area contributed by atoms with Crippen LogP contribution in [0.4, 0.5) is 4.79 Å². The van der Waals surface area contributed by atoms with Crippen LogP contribution in [0, 0.1) is 0 Å². The Morgan fingerprint density at radius 1 is 1.59 bits per heavy atom. The van der Waals surface area contributed by atoms with Crippen molar-refractivity contribution in [2.45, 2.75) is 30.7 Å². The van der Waals surface area contributed by atoms with Crippen LogP contribution in [0.15, 0.2) is 16.6 Å². The van der Waals surface area contributed by atoms with Crippen LogP contribution in [0.5, 0.6) is 0 Å². The lowest BCUT2D eigenvalue weighted by molar-refractivity contribution is 0.0976. The Morgan fingerprint density at radius 3 is 2.91 bits per heavy atom. The zero-order chi connectivity index (χ0) is 15.0. The summed E-state index contributed by atoms with van der Waals surface area (Å²) < 4.78 is 6.57. The zero-order valence-corrected chi connectivity index (χ0v) is 14.7. The van der Waals surface area contributed by atoms with Crippen molar-refractivity contribution in [2.24, 2.45) is 10.7 Å². The van der Waals surface area contributed by atoms with Crippen molar-refractivity contribution < 1.29 is 9.53 Å². The van der Waals surface area contributed by atoms with Crippen molar-refractivity contribution >= 4 is 47.1 Å². The molecule has 3 heterocycles. The molecule has 9 heteroatoms. The molecule has 3 rings (SSSR count). The van der Waals surface area contributed by atoms with Crippen LogP contribution in [-0.4, -0.2) is 57.7 Å². The van der Waals surface area contributed by atoms with Gasteiger partial charge in [0.2, 0.25) is 0 Å². The smallest absolute Gasteiger partial charge is 0.409 e. The Kier molecular flexibility index (Phi) is 5.66. The van der Waals surface area contributed by atoms with E-state index in [0.717, 1.165) is 23.5 Å². The largest absolute Gasteiger partial charge is 0.450 e. The molecule has 0 aromatic rings. The van der Waals surface area contributed by atoms with Gasteiger partial charge in [0.1, 0.15) is 12.8 Å². The molecule has 22 heavy (non-hydrogen) atoms. The normalized spacial score (nSPS) is 26.9. The predicted molar refractivity (Wildman–Crippen MR) is 91.5 cm³/mol. The van der Waals surface area contributed by atoms with Gasteiger partial charge in [0.15, 0.2) is 0 Å². The van der Waals surface area contributed by atoms with Gasteiger partial charge in [-0.1, -0.05) is 17.8 Å². The molecule has 0 bridgehead atoms. The number of likely N-dealkylation sites (tertiary alicyclic amines) is 1. The minimum atomic E-state index is -0.297. The standard InChI is InChI=1S/C13H19ClN4O2S.ClH/c1-2-20-12(19)17-5-3-13(4-6-17)7-9-10(15)18(14)8-16-11(9)21-13;/h7,10H,2-6,8,15H2,1H3;1H. The van der Waals surface area contributed by atoms with Gasteiger partial charge in [-0.2, -0.15) is 4.42 Å². The van der Waals surface area contributed by atoms with Gasteiger partial charge in [0.05, 0.1) is 11.7 Å². The second-order valence-corrected chi connectivity index (χ2v) is 7.24. The molecular formula is C13H20Cl2N4O2S. The highest BCUT2D eigenvalue weighted by molar-refractivity contribution is 8.16. The summed E-state index contributed by atoms with van der Waals surface area (Å²) in [6, 6.07) is 0. The van der Waals surface area contributed by atoms with E-state index in [-0.39, 0.29) is 29.4 Å². The van der Waals surface area contributed by atoms with Gasteiger partial charge in [0.25, 0.3) is 0 Å². The summed E-state index contributed by atoms with van der Waals surface area (Å²) in [4.78, 5) is 18.0. The number of carbonyl (C=O) groups excluding carboxylic acids is 1. The third-order valence-corrected chi connectivity index (χ3v) is 5.88. The second-order valence-electron chi connectivity index (χ2n) is 5.40. The number of thioether (sulfide) groups is 1. The van der Waals surface area contributed by atoms with Gasteiger partial charge in [0, 0.05) is 23.4 Å². The number of nitrogens with two attached hydrogens (primary N) is 1. The third-order valence-electron chi connectivity index (χ3n) is 4.07. The van der Waals surface area contributed by atoms with Crippen molar-refractivity contribution in [3.63, 3.8) is 0 Å². The molecule has 1 spiro atoms. The Balaban J connectivity index is 0.00000176. The lowest BCUT2D eigenvalue weighted by Crippen LogP contribution is -2.44. The van der Waals surface area contributed by atoms with E-state index in [2.05, 4.69) is 11.1 Å². The maximum Gasteiger partial charge on any atom is 0.409 e. The molecule has 1 atom stereocenters. The van der Waals surface area contributed by atoms with Crippen molar-refractivity contribution in [3.8, 4) is 0 Å². The SMILES string of the molecule is CCOC(=O)N1CCC2(C=C3C(=NCN(Cl)C3N)S2)CC1.Cl. The van der Waals surface area contributed by atoms with Crippen LogP contribution in [0.1, 0.15) is 19.8 Å². The van der Waals surface area contributed by atoms with E-state index < -0.39 is 0 Å². The molecule has 0 aromatic heterocycles. The Morgan fingerprint density at radius 2 is 2.27 bits per heavy atom. The fraction of sp³-hybridized carbons (Fsp3) is 0.692. The van der Waals surface area contributed by atoms with E-state index in [9.17, 15) is 4.79 Å².